The van der Waals surface area contributed by atoms with E-state index in [9.17, 15) is 5.26 Å². The van der Waals surface area contributed by atoms with Crippen molar-refractivity contribution in [3.05, 3.63) is 0 Å². The molecule has 0 aliphatic rings. The Hall–Kier alpha value is -0.730. The van der Waals surface area contributed by atoms with Crippen LogP contribution in [0.3, 0.4) is 0 Å². The first-order valence-electron chi connectivity index (χ1n) is 5.32. The molecule has 0 amide bonds. The van der Waals surface area contributed by atoms with Gasteiger partial charge in [0.25, 0.3) is 0 Å². The summed E-state index contributed by atoms with van der Waals surface area (Å²) in [6, 6.07) is 0. The van der Waals surface area contributed by atoms with Crippen LogP contribution < -0.4 is 5.26 Å². The summed E-state index contributed by atoms with van der Waals surface area (Å²) in [5.41, 5.74) is -0.327. The molecule has 0 N–H and O–H groups in total. The summed E-state index contributed by atoms with van der Waals surface area (Å²) in [4.78, 5) is 0. The first-order valence-corrected chi connectivity index (χ1v) is 5.32. The maximum atomic E-state index is 10.3. The second-order valence-corrected chi connectivity index (χ2v) is 4.53. The lowest BCUT2D eigenvalue weighted by molar-refractivity contribution is -1.05. The molecule has 0 saturated heterocycles. The second kappa shape index (κ2) is 6.68. The molecule has 84 valence electrons. The van der Waals surface area contributed by atoms with E-state index >= 15 is 0 Å². The molecule has 0 aromatic rings. The van der Waals surface area contributed by atoms with Crippen molar-refractivity contribution in [2.45, 2.75) is 53.4 Å². The third-order valence-electron chi connectivity index (χ3n) is 1.92. The summed E-state index contributed by atoms with van der Waals surface area (Å²) >= 11 is 0. The minimum absolute atomic E-state index is 0.189. The molecule has 0 aromatic heterocycles. The molecule has 0 unspecified atom stereocenters. The fraction of sp³-hybridized carbons (Fsp3) is 0.909. The number of ether oxygens (including phenoxy) is 1. The molecular formula is C11H22O3. The minimum atomic E-state index is -0.327. The van der Waals surface area contributed by atoms with E-state index in [1.165, 1.54) is 12.8 Å². The Morgan fingerprint density at radius 3 is 2.29 bits per heavy atom. The summed E-state index contributed by atoms with van der Waals surface area (Å²) < 4.78 is 9.25. The largest absolute Gasteiger partial charge is 0.588 e. The fourth-order valence-electron chi connectivity index (χ4n) is 1.06. The predicted molar refractivity (Wildman–Crippen MR) is 54.6 cm³/mol. The van der Waals surface area contributed by atoms with Crippen LogP contribution in [-0.2, 0) is 9.31 Å². The number of esters is 1. The van der Waals surface area contributed by atoms with Crippen molar-refractivity contribution in [3.63, 3.8) is 0 Å². The SMILES string of the molecule is CCCCCCOC(=[O+][O-])C(C)(C)C. The third-order valence-corrected chi connectivity index (χ3v) is 1.92. The Labute approximate surface area is 86.7 Å². The van der Waals surface area contributed by atoms with Crippen LogP contribution in [-0.4, -0.2) is 12.6 Å². The van der Waals surface area contributed by atoms with Gasteiger partial charge in [-0.3, -0.25) is 4.58 Å². The molecule has 0 radical (unpaired) electrons. The monoisotopic (exact) mass is 202 g/mol. The molecule has 0 aliphatic carbocycles. The van der Waals surface area contributed by atoms with Crippen molar-refractivity contribution in [3.8, 4) is 0 Å². The van der Waals surface area contributed by atoms with Gasteiger partial charge in [0, 0.05) is 6.42 Å². The van der Waals surface area contributed by atoms with Gasteiger partial charge in [0.1, 0.15) is 5.41 Å². The Balaban J connectivity index is 3.66. The molecule has 14 heavy (non-hydrogen) atoms. The van der Waals surface area contributed by atoms with Crippen LogP contribution in [0.15, 0.2) is 0 Å². The van der Waals surface area contributed by atoms with Crippen molar-refractivity contribution < 1.29 is 14.6 Å². The number of rotatable bonds is 5. The van der Waals surface area contributed by atoms with E-state index < -0.39 is 0 Å². The van der Waals surface area contributed by atoms with Crippen LogP contribution in [0.2, 0.25) is 0 Å². The van der Waals surface area contributed by atoms with Gasteiger partial charge in [0.15, 0.2) is 6.61 Å². The average Bonchev–Trinajstić information content (AvgIpc) is 2.09. The molecule has 0 atom stereocenters. The first kappa shape index (κ1) is 13.3. The van der Waals surface area contributed by atoms with Gasteiger partial charge in [-0.2, -0.15) is 0 Å². The lowest BCUT2D eigenvalue weighted by Crippen LogP contribution is -2.28. The van der Waals surface area contributed by atoms with E-state index in [0.717, 1.165) is 12.8 Å². The number of hydrogen-bond donors (Lipinski definition) is 0. The molecular weight excluding hydrogens is 180 g/mol. The molecule has 0 fully saturated rings. The zero-order valence-electron chi connectivity index (χ0n) is 9.76. The summed E-state index contributed by atoms with van der Waals surface area (Å²) in [6.45, 7) is 8.42. The molecule has 3 nitrogen and oxygen atoms in total. The molecule has 0 spiro atoms. The van der Waals surface area contributed by atoms with Crippen molar-refractivity contribution in [1.82, 2.24) is 0 Å². The van der Waals surface area contributed by atoms with E-state index in [-0.39, 0.29) is 11.4 Å². The molecule has 0 heterocycles. The van der Waals surface area contributed by atoms with Crippen molar-refractivity contribution >= 4 is 5.97 Å². The van der Waals surface area contributed by atoms with Crippen LogP contribution in [0.4, 0.5) is 0 Å². The van der Waals surface area contributed by atoms with Crippen LogP contribution in [0.25, 0.3) is 0 Å². The summed E-state index contributed by atoms with van der Waals surface area (Å²) in [6.07, 6.45) is 4.55. The van der Waals surface area contributed by atoms with E-state index in [2.05, 4.69) is 11.5 Å². The smallest absolute Gasteiger partial charge is 0.502 e. The number of carbonyl (C=O) groups excluding carboxylic acids is 1. The van der Waals surface area contributed by atoms with Gasteiger partial charge in [-0.15, -0.1) is 0 Å². The normalized spacial score (nSPS) is 13.0. The molecule has 0 bridgehead atoms. The number of hydrogen-bond acceptors (Lipinski definition) is 2. The second-order valence-electron chi connectivity index (χ2n) is 4.53. The zero-order valence-corrected chi connectivity index (χ0v) is 9.76. The lowest BCUT2D eigenvalue weighted by atomic mass is 9.97. The van der Waals surface area contributed by atoms with Crippen molar-refractivity contribution in [1.29, 1.82) is 0 Å². The van der Waals surface area contributed by atoms with E-state index in [1.807, 2.05) is 20.8 Å². The van der Waals surface area contributed by atoms with Gasteiger partial charge in [-0.05, 0) is 27.2 Å². The molecule has 3 heteroatoms. The highest BCUT2D eigenvalue weighted by Crippen LogP contribution is 2.15. The fourth-order valence-corrected chi connectivity index (χ4v) is 1.06. The average molecular weight is 202 g/mol. The van der Waals surface area contributed by atoms with Gasteiger partial charge in [-0.25, -0.2) is 0 Å². The third kappa shape index (κ3) is 5.84. The Bertz CT molecular complexity index is 168. The molecule has 0 aliphatic heterocycles. The molecule has 0 rings (SSSR count). The van der Waals surface area contributed by atoms with E-state index in [1.54, 1.807) is 0 Å². The van der Waals surface area contributed by atoms with Crippen molar-refractivity contribution in [2.24, 2.45) is 5.41 Å². The molecule has 0 aromatic carbocycles. The summed E-state index contributed by atoms with van der Waals surface area (Å²) in [5, 5.41) is 10.3. The van der Waals surface area contributed by atoms with Crippen molar-refractivity contribution in [2.75, 3.05) is 6.61 Å². The lowest BCUT2D eigenvalue weighted by Gasteiger charge is -2.10. The van der Waals surface area contributed by atoms with Crippen LogP contribution >= 0.6 is 0 Å². The minimum Gasteiger partial charge on any atom is -0.588 e. The van der Waals surface area contributed by atoms with Gasteiger partial charge in [-0.1, -0.05) is 19.8 Å². The Morgan fingerprint density at radius 2 is 1.86 bits per heavy atom. The van der Waals surface area contributed by atoms with Gasteiger partial charge in [0.05, 0.1) is 0 Å². The van der Waals surface area contributed by atoms with Gasteiger partial charge < -0.3 is 9.99 Å². The van der Waals surface area contributed by atoms with Crippen LogP contribution in [0.5, 0.6) is 0 Å². The molecule has 0 saturated carbocycles. The maximum absolute atomic E-state index is 10.3. The van der Waals surface area contributed by atoms with E-state index in [0.29, 0.717) is 6.61 Å². The predicted octanol–water partition coefficient (Wildman–Crippen LogP) is 1.97. The first-order chi connectivity index (χ1) is 6.52. The van der Waals surface area contributed by atoms with Crippen LogP contribution in [0.1, 0.15) is 53.4 Å². The summed E-state index contributed by atoms with van der Waals surface area (Å²) in [7, 11) is 0. The zero-order chi connectivity index (χ0) is 11.0. The standard InChI is InChI=1S/C11H22O3/c1-5-6-7-8-9-13-10(14-12)11(2,3)4/h5-9H2,1-4H3. The highest BCUT2D eigenvalue weighted by Gasteiger charge is 2.32. The quantitative estimate of drug-likeness (QED) is 0.225. The highest BCUT2D eigenvalue weighted by atomic mass is 17.1. The van der Waals surface area contributed by atoms with E-state index in [4.69, 9.17) is 4.74 Å². The summed E-state index contributed by atoms with van der Waals surface area (Å²) in [5.74, 6) is 0.189. The van der Waals surface area contributed by atoms with Gasteiger partial charge >= 0.3 is 5.97 Å². The highest BCUT2D eigenvalue weighted by molar-refractivity contribution is 5.75. The number of unbranched alkanes of at least 4 members (excludes halogenated alkanes) is 3. The van der Waals surface area contributed by atoms with Gasteiger partial charge in [0.2, 0.25) is 0 Å². The maximum Gasteiger partial charge on any atom is 0.502 e. The van der Waals surface area contributed by atoms with Crippen LogP contribution in [0, 0.1) is 5.41 Å². The Morgan fingerprint density at radius 1 is 1.21 bits per heavy atom. The topological polar surface area (TPSA) is 43.6 Å². The Kier molecular flexibility index (Phi) is 6.34.